The van der Waals surface area contributed by atoms with E-state index in [-0.39, 0.29) is 0 Å². The maximum Gasteiger partial charge on any atom is 0.339 e. The molecule has 0 saturated heterocycles. The Morgan fingerprint density at radius 2 is 1.76 bits per heavy atom. The van der Waals surface area contributed by atoms with E-state index in [2.05, 4.69) is 10.3 Å². The lowest BCUT2D eigenvalue weighted by Gasteiger charge is -2.21. The summed E-state index contributed by atoms with van der Waals surface area (Å²) >= 11 is 1.33. The molecule has 2 heterocycles. The quantitative estimate of drug-likeness (QED) is 0.405. The number of amides is 1. The van der Waals surface area contributed by atoms with Gasteiger partial charge in [-0.2, -0.15) is 0 Å². The predicted molar refractivity (Wildman–Crippen MR) is 129 cm³/mol. The van der Waals surface area contributed by atoms with Crippen LogP contribution in [0.4, 0.5) is 5.13 Å². The standard InChI is InChI=1S/C26H23N3O3S/c1-16(24(30)29-26-28-22(15-33-26)17-9-3-2-4-10-17)32-25(31)23-18-11-5-7-13-20(18)27-21-14-8-6-12-19(21)23/h2-5,7,9-11,13,15-16H,6,8,12,14H2,1H3,(H,28,29,30). The summed E-state index contributed by atoms with van der Waals surface area (Å²) in [7, 11) is 0. The Balaban J connectivity index is 1.34. The first kappa shape index (κ1) is 21.3. The smallest absolute Gasteiger partial charge is 0.339 e. The van der Waals surface area contributed by atoms with E-state index in [1.807, 2.05) is 60.0 Å². The summed E-state index contributed by atoms with van der Waals surface area (Å²) in [6.07, 6.45) is 2.75. The molecule has 33 heavy (non-hydrogen) atoms. The normalized spacial score (nSPS) is 13.8. The molecule has 2 aromatic heterocycles. The van der Waals surface area contributed by atoms with Gasteiger partial charge in [-0.1, -0.05) is 48.5 Å². The van der Waals surface area contributed by atoms with E-state index >= 15 is 0 Å². The van der Waals surface area contributed by atoms with E-state index < -0.39 is 18.0 Å². The Morgan fingerprint density at radius 1 is 1.00 bits per heavy atom. The lowest BCUT2D eigenvalue weighted by molar-refractivity contribution is -0.123. The molecule has 2 aromatic carbocycles. The SMILES string of the molecule is CC(OC(=O)c1c2c(nc3ccccc13)CCCC2)C(=O)Nc1nc(-c2ccccc2)cs1. The van der Waals surface area contributed by atoms with E-state index in [0.29, 0.717) is 10.7 Å². The van der Waals surface area contributed by atoms with Gasteiger partial charge in [0.2, 0.25) is 0 Å². The van der Waals surface area contributed by atoms with E-state index in [0.717, 1.165) is 59.1 Å². The van der Waals surface area contributed by atoms with Crippen molar-refractivity contribution in [1.82, 2.24) is 9.97 Å². The molecular formula is C26H23N3O3S. The third-order valence-corrected chi connectivity index (χ3v) is 6.59. The third kappa shape index (κ3) is 4.36. The zero-order valence-electron chi connectivity index (χ0n) is 18.2. The number of hydrogen-bond acceptors (Lipinski definition) is 6. The van der Waals surface area contributed by atoms with E-state index in [4.69, 9.17) is 9.72 Å². The second-order valence-corrected chi connectivity index (χ2v) is 8.94. The van der Waals surface area contributed by atoms with Gasteiger partial charge in [-0.25, -0.2) is 9.78 Å². The van der Waals surface area contributed by atoms with Gasteiger partial charge >= 0.3 is 5.97 Å². The number of fused-ring (bicyclic) bond motifs is 2. The van der Waals surface area contributed by atoms with Gasteiger partial charge in [0.15, 0.2) is 11.2 Å². The Bertz CT molecular complexity index is 1330. The van der Waals surface area contributed by atoms with Crippen molar-refractivity contribution in [2.24, 2.45) is 0 Å². The first-order valence-electron chi connectivity index (χ1n) is 11.0. The minimum atomic E-state index is -0.965. The Morgan fingerprint density at radius 3 is 2.61 bits per heavy atom. The maximum atomic E-state index is 13.2. The van der Waals surface area contributed by atoms with Crippen molar-refractivity contribution in [2.45, 2.75) is 38.7 Å². The zero-order valence-corrected chi connectivity index (χ0v) is 19.0. The molecule has 0 fully saturated rings. The van der Waals surface area contributed by atoms with E-state index in [1.165, 1.54) is 11.3 Å². The lowest BCUT2D eigenvalue weighted by atomic mass is 9.90. The molecule has 1 atom stereocenters. The van der Waals surface area contributed by atoms with E-state index in [9.17, 15) is 9.59 Å². The second kappa shape index (κ2) is 9.11. The predicted octanol–water partition coefficient (Wildman–Crippen LogP) is 5.42. The van der Waals surface area contributed by atoms with Crippen LogP contribution in [-0.2, 0) is 22.4 Å². The molecular weight excluding hydrogens is 434 g/mol. The van der Waals surface area contributed by atoms with Gasteiger partial charge in [-0.3, -0.25) is 15.1 Å². The summed E-state index contributed by atoms with van der Waals surface area (Å²) in [6.45, 7) is 1.58. The van der Waals surface area contributed by atoms with Crippen LogP contribution in [0.2, 0.25) is 0 Å². The number of aryl methyl sites for hydroxylation is 1. The highest BCUT2D eigenvalue weighted by molar-refractivity contribution is 7.14. The fourth-order valence-corrected chi connectivity index (χ4v) is 4.88. The number of carbonyl (C=O) groups is 2. The average Bonchev–Trinajstić information content (AvgIpc) is 3.31. The van der Waals surface area contributed by atoms with Crippen LogP contribution in [0.25, 0.3) is 22.2 Å². The summed E-state index contributed by atoms with van der Waals surface area (Å²) in [6, 6.07) is 17.3. The summed E-state index contributed by atoms with van der Waals surface area (Å²) in [5.74, 6) is -0.900. The molecule has 0 bridgehead atoms. The van der Waals surface area contributed by atoms with Crippen molar-refractivity contribution in [3.05, 3.63) is 76.8 Å². The van der Waals surface area contributed by atoms with Gasteiger partial charge in [0.05, 0.1) is 16.8 Å². The summed E-state index contributed by atoms with van der Waals surface area (Å²) in [5.41, 5.74) is 4.98. The molecule has 0 aliphatic heterocycles. The van der Waals surface area contributed by atoms with Gasteiger partial charge in [0.25, 0.3) is 5.91 Å². The van der Waals surface area contributed by atoms with Crippen LogP contribution in [0.3, 0.4) is 0 Å². The largest absolute Gasteiger partial charge is 0.449 e. The highest BCUT2D eigenvalue weighted by atomic mass is 32.1. The molecule has 1 aliphatic rings. The molecule has 166 valence electrons. The number of thiazole rings is 1. The van der Waals surface area contributed by atoms with Crippen molar-refractivity contribution < 1.29 is 14.3 Å². The second-order valence-electron chi connectivity index (χ2n) is 8.08. The van der Waals surface area contributed by atoms with E-state index in [1.54, 1.807) is 6.92 Å². The average molecular weight is 458 g/mol. The summed E-state index contributed by atoms with van der Waals surface area (Å²) in [4.78, 5) is 35.2. The number of hydrogen-bond donors (Lipinski definition) is 1. The maximum absolute atomic E-state index is 13.2. The van der Waals surface area contributed by atoms with Crippen LogP contribution in [0.15, 0.2) is 60.0 Å². The molecule has 7 heteroatoms. The van der Waals surface area contributed by atoms with Crippen LogP contribution >= 0.6 is 11.3 Å². The first-order valence-corrected chi connectivity index (χ1v) is 11.9. The van der Waals surface area contributed by atoms with Gasteiger partial charge < -0.3 is 4.74 Å². The Hall–Kier alpha value is -3.58. The molecule has 0 spiro atoms. The number of para-hydroxylation sites is 1. The molecule has 1 amide bonds. The molecule has 6 nitrogen and oxygen atoms in total. The zero-order chi connectivity index (χ0) is 22.8. The van der Waals surface area contributed by atoms with Gasteiger partial charge in [0.1, 0.15) is 0 Å². The van der Waals surface area contributed by atoms with Crippen molar-refractivity contribution in [3.63, 3.8) is 0 Å². The van der Waals surface area contributed by atoms with Gasteiger partial charge in [-0.05, 0) is 44.2 Å². The van der Waals surface area contributed by atoms with Gasteiger partial charge in [0, 0.05) is 22.0 Å². The number of rotatable bonds is 5. The number of carbonyl (C=O) groups excluding carboxylic acids is 2. The number of anilines is 1. The van der Waals surface area contributed by atoms with Crippen molar-refractivity contribution in [2.75, 3.05) is 5.32 Å². The van der Waals surface area contributed by atoms with Crippen molar-refractivity contribution in [1.29, 1.82) is 0 Å². The highest BCUT2D eigenvalue weighted by Gasteiger charge is 2.26. The number of ether oxygens (including phenoxy) is 1. The Kier molecular flexibility index (Phi) is 5.88. The third-order valence-electron chi connectivity index (χ3n) is 5.83. The number of esters is 1. The van der Waals surface area contributed by atoms with Crippen LogP contribution in [0, 0.1) is 0 Å². The molecule has 1 N–H and O–H groups in total. The fourth-order valence-electron chi connectivity index (χ4n) is 4.16. The van der Waals surface area contributed by atoms with Crippen LogP contribution < -0.4 is 5.32 Å². The molecule has 1 aliphatic carbocycles. The van der Waals surface area contributed by atoms with Gasteiger partial charge in [-0.15, -0.1) is 11.3 Å². The monoisotopic (exact) mass is 457 g/mol. The van der Waals surface area contributed by atoms with Crippen molar-refractivity contribution in [3.8, 4) is 11.3 Å². The topological polar surface area (TPSA) is 81.2 Å². The summed E-state index contributed by atoms with van der Waals surface area (Å²) in [5, 5.41) is 5.89. The molecule has 0 saturated carbocycles. The van der Waals surface area contributed by atoms with Crippen LogP contribution in [-0.4, -0.2) is 27.9 Å². The number of pyridine rings is 1. The van der Waals surface area contributed by atoms with Crippen LogP contribution in [0.5, 0.6) is 0 Å². The number of nitrogens with one attached hydrogen (secondary N) is 1. The first-order chi connectivity index (χ1) is 16.1. The lowest BCUT2D eigenvalue weighted by Crippen LogP contribution is -2.30. The fraction of sp³-hybridized carbons (Fsp3) is 0.231. The Labute approximate surface area is 195 Å². The minimum absolute atomic E-state index is 0.412. The minimum Gasteiger partial charge on any atom is -0.449 e. The van der Waals surface area contributed by atoms with Crippen LogP contribution in [0.1, 0.15) is 41.4 Å². The molecule has 1 unspecified atom stereocenters. The number of nitrogens with zero attached hydrogens (tertiary/aromatic N) is 2. The molecule has 5 rings (SSSR count). The number of aromatic nitrogens is 2. The highest BCUT2D eigenvalue weighted by Crippen LogP contribution is 2.30. The number of benzene rings is 2. The van der Waals surface area contributed by atoms with Crippen molar-refractivity contribution >= 4 is 39.2 Å². The summed E-state index contributed by atoms with van der Waals surface area (Å²) < 4.78 is 5.63. The molecule has 4 aromatic rings. The molecule has 0 radical (unpaired) electrons.